The largest absolute Gasteiger partial charge is 0.326 e. The average molecular weight is 320 g/mol. The van der Waals surface area contributed by atoms with Crippen molar-refractivity contribution in [2.75, 3.05) is 17.3 Å². The van der Waals surface area contributed by atoms with Crippen LogP contribution in [-0.2, 0) is 0 Å². The second-order valence-corrected chi connectivity index (χ2v) is 5.18. The van der Waals surface area contributed by atoms with Gasteiger partial charge < -0.3 is 5.32 Å². The normalized spacial score (nSPS) is 9.81. The van der Waals surface area contributed by atoms with Crippen molar-refractivity contribution in [1.82, 2.24) is 0 Å². The van der Waals surface area contributed by atoms with E-state index in [1.54, 1.807) is 49.5 Å². The van der Waals surface area contributed by atoms with Gasteiger partial charge in [-0.15, -0.1) is 0 Å². The van der Waals surface area contributed by atoms with E-state index in [9.17, 15) is 4.79 Å². The van der Waals surface area contributed by atoms with Crippen LogP contribution >= 0.6 is 23.2 Å². The number of amides is 2. The smallest absolute Gasteiger partial charge is 0.307 e. The SMILES string of the molecule is CN(C(=O)Nc1cc(Cl)cc(Cl)c1)c1cccc(C#N)c1. The number of hydrogen-bond acceptors (Lipinski definition) is 2. The highest BCUT2D eigenvalue weighted by Gasteiger charge is 2.12. The van der Waals surface area contributed by atoms with Gasteiger partial charge in [-0.25, -0.2) is 4.79 Å². The Balaban J connectivity index is 2.17. The molecule has 2 rings (SSSR count). The van der Waals surface area contributed by atoms with E-state index in [0.717, 1.165) is 0 Å². The molecule has 0 bridgehead atoms. The standard InChI is InChI=1S/C15H11Cl2N3O/c1-20(14-4-2-3-10(5-14)9-18)15(21)19-13-7-11(16)6-12(17)8-13/h2-8H,1H3,(H,19,21). The van der Waals surface area contributed by atoms with Crippen LogP contribution in [0.5, 0.6) is 0 Å². The summed E-state index contributed by atoms with van der Waals surface area (Å²) in [4.78, 5) is 13.6. The first-order valence-corrected chi connectivity index (χ1v) is 6.76. The van der Waals surface area contributed by atoms with E-state index >= 15 is 0 Å². The lowest BCUT2D eigenvalue weighted by molar-refractivity contribution is 0.258. The molecule has 0 aliphatic heterocycles. The number of hydrogen-bond donors (Lipinski definition) is 1. The highest BCUT2D eigenvalue weighted by Crippen LogP contribution is 2.23. The zero-order valence-electron chi connectivity index (χ0n) is 11.1. The first kappa shape index (κ1) is 15.2. The van der Waals surface area contributed by atoms with Crippen LogP contribution < -0.4 is 10.2 Å². The van der Waals surface area contributed by atoms with Crippen LogP contribution in [0.2, 0.25) is 10.0 Å². The number of benzene rings is 2. The molecule has 2 amide bonds. The summed E-state index contributed by atoms with van der Waals surface area (Å²) in [6.07, 6.45) is 0. The fourth-order valence-electron chi connectivity index (χ4n) is 1.73. The number of carbonyl (C=O) groups excluding carboxylic acids is 1. The van der Waals surface area contributed by atoms with Gasteiger partial charge in [0, 0.05) is 28.5 Å². The van der Waals surface area contributed by atoms with Crippen molar-refractivity contribution in [1.29, 1.82) is 5.26 Å². The highest BCUT2D eigenvalue weighted by molar-refractivity contribution is 6.35. The molecule has 4 nitrogen and oxygen atoms in total. The fraction of sp³-hybridized carbons (Fsp3) is 0.0667. The number of carbonyl (C=O) groups is 1. The summed E-state index contributed by atoms with van der Waals surface area (Å²) >= 11 is 11.8. The van der Waals surface area contributed by atoms with E-state index in [2.05, 4.69) is 5.32 Å². The third kappa shape index (κ3) is 3.88. The Morgan fingerprint density at radius 3 is 2.48 bits per heavy atom. The van der Waals surface area contributed by atoms with Crippen molar-refractivity contribution in [3.05, 3.63) is 58.1 Å². The Morgan fingerprint density at radius 1 is 1.19 bits per heavy atom. The van der Waals surface area contributed by atoms with Crippen molar-refractivity contribution in [3.8, 4) is 6.07 Å². The molecule has 1 N–H and O–H groups in total. The zero-order valence-corrected chi connectivity index (χ0v) is 12.6. The van der Waals surface area contributed by atoms with Gasteiger partial charge in [-0.1, -0.05) is 29.3 Å². The molecule has 0 radical (unpaired) electrons. The van der Waals surface area contributed by atoms with Crippen molar-refractivity contribution in [2.45, 2.75) is 0 Å². The summed E-state index contributed by atoms with van der Waals surface area (Å²) in [5, 5.41) is 12.4. The molecule has 0 saturated heterocycles. The lowest BCUT2D eigenvalue weighted by Gasteiger charge is -2.18. The second kappa shape index (κ2) is 6.49. The lowest BCUT2D eigenvalue weighted by Crippen LogP contribution is -2.31. The summed E-state index contributed by atoms with van der Waals surface area (Å²) in [5.74, 6) is 0. The van der Waals surface area contributed by atoms with E-state index in [-0.39, 0.29) is 6.03 Å². The van der Waals surface area contributed by atoms with Crippen molar-refractivity contribution >= 4 is 40.6 Å². The average Bonchev–Trinajstić information content (AvgIpc) is 2.45. The van der Waals surface area contributed by atoms with Crippen LogP contribution in [0.15, 0.2) is 42.5 Å². The van der Waals surface area contributed by atoms with Gasteiger partial charge >= 0.3 is 6.03 Å². The van der Waals surface area contributed by atoms with Gasteiger partial charge in [-0.3, -0.25) is 4.90 Å². The molecule has 0 spiro atoms. The number of urea groups is 1. The summed E-state index contributed by atoms with van der Waals surface area (Å²) in [6, 6.07) is 13.2. The summed E-state index contributed by atoms with van der Waals surface area (Å²) in [6.45, 7) is 0. The molecule has 6 heteroatoms. The minimum atomic E-state index is -0.358. The summed E-state index contributed by atoms with van der Waals surface area (Å²) < 4.78 is 0. The number of nitrogens with zero attached hydrogens (tertiary/aromatic N) is 2. The predicted molar refractivity (Wildman–Crippen MR) is 85.0 cm³/mol. The van der Waals surface area contributed by atoms with E-state index in [1.165, 1.54) is 4.90 Å². The molecular formula is C15H11Cl2N3O. The predicted octanol–water partition coefficient (Wildman–Crippen LogP) is 4.53. The number of nitrogens with one attached hydrogen (secondary N) is 1. The van der Waals surface area contributed by atoms with E-state index < -0.39 is 0 Å². The molecular weight excluding hydrogens is 309 g/mol. The third-order valence-electron chi connectivity index (χ3n) is 2.78. The van der Waals surface area contributed by atoms with Crippen LogP contribution in [0.25, 0.3) is 0 Å². The maximum absolute atomic E-state index is 12.2. The molecule has 0 aromatic heterocycles. The van der Waals surface area contributed by atoms with E-state index in [4.69, 9.17) is 28.5 Å². The molecule has 0 aliphatic rings. The Hall–Kier alpha value is -2.22. The molecule has 0 fully saturated rings. The Kier molecular flexibility index (Phi) is 4.69. The van der Waals surface area contributed by atoms with E-state index in [0.29, 0.717) is 27.0 Å². The van der Waals surface area contributed by atoms with Crippen molar-refractivity contribution < 1.29 is 4.79 Å². The molecule has 106 valence electrons. The molecule has 0 heterocycles. The van der Waals surface area contributed by atoms with Gasteiger partial charge in [-0.2, -0.15) is 5.26 Å². The maximum atomic E-state index is 12.2. The first-order valence-electron chi connectivity index (χ1n) is 6.00. The number of halogens is 2. The quantitative estimate of drug-likeness (QED) is 0.883. The minimum absolute atomic E-state index is 0.358. The van der Waals surface area contributed by atoms with Gasteiger partial charge in [-0.05, 0) is 36.4 Å². The molecule has 21 heavy (non-hydrogen) atoms. The van der Waals surface area contributed by atoms with Crippen LogP contribution in [0.3, 0.4) is 0 Å². The topological polar surface area (TPSA) is 56.1 Å². The van der Waals surface area contributed by atoms with Crippen molar-refractivity contribution in [2.24, 2.45) is 0 Å². The van der Waals surface area contributed by atoms with Gasteiger partial charge in [0.15, 0.2) is 0 Å². The monoisotopic (exact) mass is 319 g/mol. The molecule has 2 aromatic carbocycles. The number of rotatable bonds is 2. The Morgan fingerprint density at radius 2 is 1.86 bits per heavy atom. The van der Waals surface area contributed by atoms with Gasteiger partial charge in [0.25, 0.3) is 0 Å². The summed E-state index contributed by atoms with van der Waals surface area (Å²) in [5.41, 5.74) is 1.60. The minimum Gasteiger partial charge on any atom is -0.307 e. The molecule has 0 saturated carbocycles. The van der Waals surface area contributed by atoms with Crippen LogP contribution in [-0.4, -0.2) is 13.1 Å². The number of anilines is 2. The summed E-state index contributed by atoms with van der Waals surface area (Å²) in [7, 11) is 1.61. The van der Waals surface area contributed by atoms with Crippen LogP contribution in [0.4, 0.5) is 16.2 Å². The molecule has 2 aromatic rings. The fourth-order valence-corrected chi connectivity index (χ4v) is 2.26. The first-order chi connectivity index (χ1) is 9.99. The Labute approximate surface area is 132 Å². The molecule has 0 aliphatic carbocycles. The van der Waals surface area contributed by atoms with E-state index in [1.807, 2.05) is 6.07 Å². The van der Waals surface area contributed by atoms with Gasteiger partial charge in [0.2, 0.25) is 0 Å². The zero-order chi connectivity index (χ0) is 15.4. The molecule has 0 unspecified atom stereocenters. The third-order valence-corrected chi connectivity index (χ3v) is 3.22. The van der Waals surface area contributed by atoms with Gasteiger partial charge in [0.1, 0.15) is 0 Å². The van der Waals surface area contributed by atoms with Crippen LogP contribution in [0, 0.1) is 11.3 Å². The second-order valence-electron chi connectivity index (χ2n) is 4.31. The van der Waals surface area contributed by atoms with Crippen molar-refractivity contribution in [3.63, 3.8) is 0 Å². The maximum Gasteiger partial charge on any atom is 0.326 e. The highest BCUT2D eigenvalue weighted by atomic mass is 35.5. The lowest BCUT2D eigenvalue weighted by atomic mass is 10.2. The van der Waals surface area contributed by atoms with Crippen LogP contribution in [0.1, 0.15) is 5.56 Å². The van der Waals surface area contributed by atoms with Gasteiger partial charge in [0.05, 0.1) is 11.6 Å². The Bertz CT molecular complexity index is 705. The number of nitriles is 1. The molecule has 0 atom stereocenters.